The lowest BCUT2D eigenvalue weighted by molar-refractivity contribution is -0.118. The average molecular weight is 382 g/mol. The van der Waals surface area contributed by atoms with Gasteiger partial charge in [-0.05, 0) is 67.1 Å². The van der Waals surface area contributed by atoms with Gasteiger partial charge in [-0.3, -0.25) is 4.79 Å². The summed E-state index contributed by atoms with van der Waals surface area (Å²) in [5, 5.41) is 6.75. The van der Waals surface area contributed by atoms with Gasteiger partial charge < -0.3 is 10.6 Å². The van der Waals surface area contributed by atoms with Crippen LogP contribution in [0.5, 0.6) is 0 Å². The number of benzene rings is 2. The molecule has 3 nitrogen and oxygen atoms in total. The fourth-order valence-electron chi connectivity index (χ4n) is 4.18. The first kappa shape index (κ1) is 18.7. The molecule has 0 saturated carbocycles. The Bertz CT molecular complexity index is 1020. The molecule has 0 fully saturated rings. The van der Waals surface area contributed by atoms with Crippen molar-refractivity contribution < 1.29 is 13.6 Å². The van der Waals surface area contributed by atoms with Crippen LogP contribution in [0, 0.1) is 30.9 Å². The number of nitrogens with one attached hydrogen (secondary N) is 2. The van der Waals surface area contributed by atoms with E-state index in [1.54, 1.807) is 0 Å². The van der Waals surface area contributed by atoms with Crippen LogP contribution in [0.4, 0.5) is 20.2 Å². The van der Waals surface area contributed by atoms with Crippen LogP contribution in [0.15, 0.2) is 41.6 Å². The Labute approximate surface area is 163 Å². The number of hydrogen-bond acceptors (Lipinski definition) is 3. The van der Waals surface area contributed by atoms with Gasteiger partial charge in [0.15, 0.2) is 5.78 Å². The lowest BCUT2D eigenvalue weighted by Crippen LogP contribution is -2.31. The molecular formula is C23H24F2N2O. The Morgan fingerprint density at radius 3 is 2.39 bits per heavy atom. The van der Waals surface area contributed by atoms with Crippen LogP contribution in [0.2, 0.25) is 0 Å². The topological polar surface area (TPSA) is 41.1 Å². The second-order valence-electron chi connectivity index (χ2n) is 8.68. The van der Waals surface area contributed by atoms with E-state index < -0.39 is 17.7 Å². The number of halogens is 2. The number of carbonyl (C=O) groups is 1. The first-order chi connectivity index (χ1) is 13.1. The summed E-state index contributed by atoms with van der Waals surface area (Å²) in [6.07, 6.45) is 1.03. The minimum absolute atomic E-state index is 0.0406. The fraction of sp³-hybridized carbons (Fsp3) is 0.348. The normalized spacial score (nSPS) is 20.6. The number of hydrogen-bond donors (Lipinski definition) is 2. The predicted octanol–water partition coefficient (Wildman–Crippen LogP) is 5.80. The van der Waals surface area contributed by atoms with Crippen LogP contribution in [0.3, 0.4) is 0 Å². The van der Waals surface area contributed by atoms with Crippen LogP contribution in [-0.4, -0.2) is 5.78 Å². The first-order valence-electron chi connectivity index (χ1n) is 9.51. The molecule has 2 N–H and O–H groups in total. The van der Waals surface area contributed by atoms with E-state index in [2.05, 4.69) is 10.6 Å². The van der Waals surface area contributed by atoms with Gasteiger partial charge in [-0.1, -0.05) is 13.8 Å². The molecule has 0 spiro atoms. The second kappa shape index (κ2) is 6.43. The van der Waals surface area contributed by atoms with Gasteiger partial charge in [-0.25, -0.2) is 8.78 Å². The maximum absolute atomic E-state index is 14.7. The molecule has 2 aliphatic rings. The third-order valence-corrected chi connectivity index (χ3v) is 5.70. The summed E-state index contributed by atoms with van der Waals surface area (Å²) < 4.78 is 28.6. The number of ketones is 1. The quantitative estimate of drug-likeness (QED) is 0.655. The third-order valence-electron chi connectivity index (χ3n) is 5.70. The van der Waals surface area contributed by atoms with Crippen molar-refractivity contribution in [3.63, 3.8) is 0 Å². The van der Waals surface area contributed by atoms with E-state index in [-0.39, 0.29) is 16.8 Å². The SMILES string of the molecule is Cc1cc2c(cc1C)NC(c1cc(F)ccc1F)C1=C(CC(C)(C)CC1=O)N2. The Hall–Kier alpha value is -2.69. The summed E-state index contributed by atoms with van der Waals surface area (Å²) in [5.74, 6) is -1.10. The minimum Gasteiger partial charge on any atom is -0.372 e. The van der Waals surface area contributed by atoms with Crippen LogP contribution < -0.4 is 10.6 Å². The highest BCUT2D eigenvalue weighted by Crippen LogP contribution is 2.46. The number of aryl methyl sites for hydroxylation is 2. The summed E-state index contributed by atoms with van der Waals surface area (Å²) in [5.41, 5.74) is 5.05. The van der Waals surface area contributed by atoms with Crippen molar-refractivity contribution >= 4 is 17.2 Å². The van der Waals surface area contributed by atoms with E-state index in [1.165, 1.54) is 6.07 Å². The van der Waals surface area contributed by atoms with Crippen molar-refractivity contribution in [1.29, 1.82) is 0 Å². The molecule has 1 aliphatic heterocycles. The van der Waals surface area contributed by atoms with Crippen molar-refractivity contribution in [1.82, 2.24) is 0 Å². The number of fused-ring (bicyclic) bond motifs is 1. The highest BCUT2D eigenvalue weighted by Gasteiger charge is 2.39. The molecule has 0 aromatic heterocycles. The Kier molecular flexibility index (Phi) is 4.29. The summed E-state index contributed by atoms with van der Waals surface area (Å²) in [4.78, 5) is 13.1. The van der Waals surface area contributed by atoms with Crippen LogP contribution in [0.25, 0.3) is 0 Å². The summed E-state index contributed by atoms with van der Waals surface area (Å²) in [6.45, 7) is 8.13. The van der Waals surface area contributed by atoms with Crippen LogP contribution in [-0.2, 0) is 4.79 Å². The lowest BCUT2D eigenvalue weighted by atomic mass is 9.73. The van der Waals surface area contributed by atoms with E-state index in [4.69, 9.17) is 0 Å². The predicted molar refractivity (Wildman–Crippen MR) is 107 cm³/mol. The Balaban J connectivity index is 1.95. The number of anilines is 2. The van der Waals surface area contributed by atoms with E-state index in [0.29, 0.717) is 18.4 Å². The molecule has 0 saturated heterocycles. The molecule has 1 heterocycles. The Morgan fingerprint density at radius 2 is 1.68 bits per heavy atom. The third kappa shape index (κ3) is 3.19. The van der Waals surface area contributed by atoms with Gasteiger partial charge in [-0.15, -0.1) is 0 Å². The summed E-state index contributed by atoms with van der Waals surface area (Å²) >= 11 is 0. The van der Waals surface area contributed by atoms with Gasteiger partial charge in [0.05, 0.1) is 17.4 Å². The van der Waals surface area contributed by atoms with Crippen molar-refractivity contribution in [3.05, 3.63) is 69.9 Å². The average Bonchev–Trinajstić information content (AvgIpc) is 2.73. The molecule has 1 unspecified atom stereocenters. The molecule has 0 amide bonds. The van der Waals surface area contributed by atoms with Gasteiger partial charge in [0.2, 0.25) is 0 Å². The standard InChI is InChI=1S/C23H24F2N2O/c1-12-7-17-18(8-13(12)2)27-22(15-9-14(24)5-6-16(15)25)21-19(26-17)10-23(3,4)11-20(21)28/h5-9,22,26-27H,10-11H2,1-4H3. The molecule has 1 atom stereocenters. The fourth-order valence-corrected chi connectivity index (χ4v) is 4.18. The largest absolute Gasteiger partial charge is 0.372 e. The van der Waals surface area contributed by atoms with E-state index >= 15 is 0 Å². The van der Waals surface area contributed by atoms with Crippen LogP contribution in [0.1, 0.15) is 49.4 Å². The first-order valence-corrected chi connectivity index (χ1v) is 9.51. The number of rotatable bonds is 1. The van der Waals surface area contributed by atoms with E-state index in [9.17, 15) is 13.6 Å². The summed E-state index contributed by atoms with van der Waals surface area (Å²) in [7, 11) is 0. The molecule has 2 aromatic carbocycles. The zero-order valence-corrected chi connectivity index (χ0v) is 16.5. The zero-order valence-electron chi connectivity index (χ0n) is 16.5. The Morgan fingerprint density at radius 1 is 1.00 bits per heavy atom. The zero-order chi connectivity index (χ0) is 20.2. The highest BCUT2D eigenvalue weighted by atomic mass is 19.1. The number of carbonyl (C=O) groups excluding carboxylic acids is 1. The number of allylic oxidation sites excluding steroid dienone is 1. The van der Waals surface area contributed by atoms with Gasteiger partial charge in [0, 0.05) is 23.3 Å². The molecule has 146 valence electrons. The van der Waals surface area contributed by atoms with Crippen molar-refractivity contribution in [2.24, 2.45) is 5.41 Å². The van der Waals surface area contributed by atoms with Gasteiger partial charge in [0.25, 0.3) is 0 Å². The van der Waals surface area contributed by atoms with Gasteiger partial charge >= 0.3 is 0 Å². The summed E-state index contributed by atoms with van der Waals surface area (Å²) in [6, 6.07) is 6.65. The van der Waals surface area contributed by atoms with Crippen molar-refractivity contribution in [2.45, 2.75) is 46.6 Å². The highest BCUT2D eigenvalue weighted by molar-refractivity contribution is 6.01. The number of Topliss-reactive ketones (excluding diaryl/α,β-unsaturated/α-hetero) is 1. The smallest absolute Gasteiger partial charge is 0.163 e. The molecule has 1 aliphatic carbocycles. The lowest BCUT2D eigenvalue weighted by Gasteiger charge is -2.34. The molecular weight excluding hydrogens is 358 g/mol. The molecule has 0 radical (unpaired) electrons. The van der Waals surface area contributed by atoms with Gasteiger partial charge in [-0.2, -0.15) is 0 Å². The van der Waals surface area contributed by atoms with E-state index in [1.807, 2.05) is 39.8 Å². The molecule has 5 heteroatoms. The van der Waals surface area contributed by atoms with Crippen LogP contribution >= 0.6 is 0 Å². The van der Waals surface area contributed by atoms with Gasteiger partial charge in [0.1, 0.15) is 11.6 Å². The van der Waals surface area contributed by atoms with Crippen molar-refractivity contribution in [3.8, 4) is 0 Å². The molecule has 0 bridgehead atoms. The molecule has 2 aromatic rings. The molecule has 28 heavy (non-hydrogen) atoms. The second-order valence-corrected chi connectivity index (χ2v) is 8.68. The monoisotopic (exact) mass is 382 g/mol. The maximum atomic E-state index is 14.7. The minimum atomic E-state index is -0.745. The van der Waals surface area contributed by atoms with E-state index in [0.717, 1.165) is 40.3 Å². The maximum Gasteiger partial charge on any atom is 0.163 e. The van der Waals surface area contributed by atoms with Crippen molar-refractivity contribution in [2.75, 3.05) is 10.6 Å². The molecule has 4 rings (SSSR count).